The molecule has 1 aliphatic heterocycles. The van der Waals surface area contributed by atoms with Gasteiger partial charge >= 0.3 is 6.18 Å². The lowest BCUT2D eigenvalue weighted by molar-refractivity contribution is -0.150. The van der Waals surface area contributed by atoms with Gasteiger partial charge in [-0.05, 0) is 54.6 Å². The third-order valence-corrected chi connectivity index (χ3v) is 10.4. The molecular formula is C23H29ClF3N3OS. The van der Waals surface area contributed by atoms with Gasteiger partial charge in [0.2, 0.25) is 0 Å². The van der Waals surface area contributed by atoms with E-state index < -0.39 is 16.9 Å². The van der Waals surface area contributed by atoms with E-state index >= 15 is 0 Å². The zero-order valence-corrected chi connectivity index (χ0v) is 20.0. The Morgan fingerprint density at radius 1 is 1.19 bits per heavy atom. The van der Waals surface area contributed by atoms with Crippen molar-refractivity contribution in [2.24, 2.45) is 22.2 Å². The van der Waals surface area contributed by atoms with Crippen LogP contribution in [0.1, 0.15) is 51.5 Å². The number of nitrogens with zero attached hydrogens (tertiary/aromatic N) is 3. The average molecular weight is 488 g/mol. The first-order valence-electron chi connectivity index (χ1n) is 11.4. The molecule has 1 aromatic rings. The summed E-state index contributed by atoms with van der Waals surface area (Å²) in [6.45, 7) is 7.68. The van der Waals surface area contributed by atoms with Crippen molar-refractivity contribution in [1.82, 2.24) is 9.29 Å². The first kappa shape index (κ1) is 22.8. The summed E-state index contributed by atoms with van der Waals surface area (Å²) in [5.74, 6) is 2.65. The summed E-state index contributed by atoms with van der Waals surface area (Å²) in [7, 11) is 0. The summed E-state index contributed by atoms with van der Waals surface area (Å²) in [5.41, 5.74) is -0.412. The first-order chi connectivity index (χ1) is 15.0. The van der Waals surface area contributed by atoms with E-state index in [1.165, 1.54) is 12.5 Å². The van der Waals surface area contributed by atoms with Crippen LogP contribution in [0.5, 0.6) is 0 Å². The Kier molecular flexibility index (Phi) is 5.34. The molecule has 0 radical (unpaired) electrons. The standard InChI is InChI=1S/C23H29ClF3N3OS/c1-20(2)16-4-5-17(31)21(7-8-22(16,20)21)9-14-32-30-12-10-29(11-13-30)18-6-3-15(19(24)28-18)23(25,26)27/h3,6,16H,4-5,7-14H2,1-2H3. The monoisotopic (exact) mass is 487 g/mol. The lowest BCUT2D eigenvalue weighted by Crippen LogP contribution is -2.53. The zero-order chi connectivity index (χ0) is 22.9. The third-order valence-electron chi connectivity index (χ3n) is 9.03. The number of carbonyl (C=O) groups is 1. The molecule has 3 atom stereocenters. The fraction of sp³-hybridized carbons (Fsp3) is 0.739. The number of piperazine rings is 1. The molecule has 1 spiro atoms. The molecule has 32 heavy (non-hydrogen) atoms. The molecule has 0 aromatic carbocycles. The molecule has 9 heteroatoms. The fourth-order valence-electron chi connectivity index (χ4n) is 7.31. The highest BCUT2D eigenvalue weighted by atomic mass is 35.5. The number of aromatic nitrogens is 1. The molecule has 3 unspecified atom stereocenters. The molecule has 3 aliphatic carbocycles. The van der Waals surface area contributed by atoms with Gasteiger partial charge in [0.25, 0.3) is 0 Å². The topological polar surface area (TPSA) is 36.4 Å². The van der Waals surface area contributed by atoms with Gasteiger partial charge in [0.05, 0.1) is 5.56 Å². The predicted octanol–water partition coefficient (Wildman–Crippen LogP) is 5.70. The summed E-state index contributed by atoms with van der Waals surface area (Å²) in [6, 6.07) is 2.41. The van der Waals surface area contributed by atoms with E-state index in [9.17, 15) is 18.0 Å². The molecule has 5 rings (SSSR count). The van der Waals surface area contributed by atoms with Gasteiger partial charge in [-0.25, -0.2) is 9.29 Å². The van der Waals surface area contributed by atoms with Crippen molar-refractivity contribution in [2.75, 3.05) is 36.8 Å². The number of carbonyl (C=O) groups excluding carboxylic acids is 1. The van der Waals surface area contributed by atoms with Crippen LogP contribution in [0.25, 0.3) is 0 Å². The van der Waals surface area contributed by atoms with Crippen molar-refractivity contribution in [3.8, 4) is 0 Å². The highest BCUT2D eigenvalue weighted by molar-refractivity contribution is 7.97. The number of ketones is 1. The van der Waals surface area contributed by atoms with Crippen LogP contribution < -0.4 is 4.90 Å². The van der Waals surface area contributed by atoms with E-state index in [1.807, 2.05) is 16.8 Å². The highest BCUT2D eigenvalue weighted by Crippen LogP contribution is 2.88. The van der Waals surface area contributed by atoms with Crippen molar-refractivity contribution in [3.05, 3.63) is 22.8 Å². The number of halogens is 4. The smallest absolute Gasteiger partial charge is 0.354 e. The molecule has 3 saturated carbocycles. The highest BCUT2D eigenvalue weighted by Gasteiger charge is 2.84. The first-order valence-corrected chi connectivity index (χ1v) is 12.7. The number of anilines is 1. The van der Waals surface area contributed by atoms with Crippen molar-refractivity contribution in [1.29, 1.82) is 0 Å². The van der Waals surface area contributed by atoms with Crippen molar-refractivity contribution >= 4 is 35.1 Å². The van der Waals surface area contributed by atoms with E-state index in [0.717, 1.165) is 56.5 Å². The molecule has 1 aromatic heterocycles. The van der Waals surface area contributed by atoms with Crippen LogP contribution in [0.2, 0.25) is 5.15 Å². The summed E-state index contributed by atoms with van der Waals surface area (Å²) < 4.78 is 41.0. The molecular weight excluding hydrogens is 459 g/mol. The summed E-state index contributed by atoms with van der Waals surface area (Å²) in [6.07, 6.45) is 0.564. The van der Waals surface area contributed by atoms with Crippen molar-refractivity contribution in [3.63, 3.8) is 0 Å². The number of alkyl halides is 3. The van der Waals surface area contributed by atoms with Gasteiger partial charge in [-0.2, -0.15) is 13.2 Å². The molecule has 0 bridgehead atoms. The summed E-state index contributed by atoms with van der Waals surface area (Å²) in [5, 5.41) is -0.501. The summed E-state index contributed by atoms with van der Waals surface area (Å²) >= 11 is 7.59. The summed E-state index contributed by atoms with van der Waals surface area (Å²) in [4.78, 5) is 18.9. The molecule has 4 nitrogen and oxygen atoms in total. The van der Waals surface area contributed by atoms with Gasteiger partial charge in [-0.1, -0.05) is 37.4 Å². The maximum Gasteiger partial charge on any atom is 0.419 e. The van der Waals surface area contributed by atoms with Crippen LogP contribution >= 0.6 is 23.5 Å². The van der Waals surface area contributed by atoms with Gasteiger partial charge in [0, 0.05) is 43.8 Å². The Morgan fingerprint density at radius 3 is 2.50 bits per heavy atom. The number of hydrogen-bond acceptors (Lipinski definition) is 5. The Balaban J connectivity index is 1.14. The van der Waals surface area contributed by atoms with Crippen LogP contribution in [-0.4, -0.2) is 47.0 Å². The number of rotatable bonds is 5. The third kappa shape index (κ3) is 3.15. The lowest BCUT2D eigenvalue weighted by atomic mass is 9.48. The van der Waals surface area contributed by atoms with Crippen LogP contribution in [0.3, 0.4) is 0 Å². The van der Waals surface area contributed by atoms with Gasteiger partial charge in [-0.15, -0.1) is 0 Å². The van der Waals surface area contributed by atoms with E-state index in [2.05, 4.69) is 23.1 Å². The molecule has 4 fully saturated rings. The molecule has 2 heterocycles. The predicted molar refractivity (Wildman–Crippen MR) is 121 cm³/mol. The van der Waals surface area contributed by atoms with Gasteiger partial charge in [-0.3, -0.25) is 4.79 Å². The number of pyridine rings is 1. The van der Waals surface area contributed by atoms with Gasteiger partial charge in [0.1, 0.15) is 16.8 Å². The maximum atomic E-state index is 13.0. The van der Waals surface area contributed by atoms with Crippen LogP contribution in [0.4, 0.5) is 19.0 Å². The molecule has 0 amide bonds. The van der Waals surface area contributed by atoms with E-state index in [-0.39, 0.29) is 10.8 Å². The van der Waals surface area contributed by atoms with Crippen molar-refractivity contribution in [2.45, 2.75) is 52.1 Å². The number of Topliss-reactive ketones (excluding diaryl/α,β-unsaturated/α-hetero) is 1. The van der Waals surface area contributed by atoms with Crippen LogP contribution in [0, 0.1) is 22.2 Å². The molecule has 4 aliphatic rings. The minimum Gasteiger partial charge on any atom is -0.354 e. The maximum absolute atomic E-state index is 13.0. The number of hydrogen-bond donors (Lipinski definition) is 0. The molecule has 0 N–H and O–H groups in total. The second-order valence-corrected chi connectivity index (χ2v) is 11.8. The minimum absolute atomic E-state index is 0.0882. The zero-order valence-electron chi connectivity index (χ0n) is 18.5. The average Bonchev–Trinajstić information content (AvgIpc) is 3.25. The van der Waals surface area contributed by atoms with E-state index in [1.54, 1.807) is 0 Å². The largest absolute Gasteiger partial charge is 0.419 e. The Bertz CT molecular complexity index is 934. The lowest BCUT2D eigenvalue weighted by Gasteiger charge is -2.54. The Hall–Kier alpha value is -0.990. The SMILES string of the molecule is CC1(C)C2CCC(=O)C3(CCSN4CCN(c5ccc(C(F)(F)F)c(Cl)n5)CC4)CCC231. The van der Waals surface area contributed by atoms with Crippen LogP contribution in [-0.2, 0) is 11.0 Å². The fourth-order valence-corrected chi connectivity index (χ4v) is 8.69. The Labute approximate surface area is 196 Å². The van der Waals surface area contributed by atoms with Gasteiger partial charge in [0.15, 0.2) is 0 Å². The van der Waals surface area contributed by atoms with E-state index in [0.29, 0.717) is 30.1 Å². The normalized spacial score (nSPS) is 34.0. The minimum atomic E-state index is -4.49. The quantitative estimate of drug-likeness (QED) is 0.393. The van der Waals surface area contributed by atoms with Crippen LogP contribution in [0.15, 0.2) is 12.1 Å². The second-order valence-electron chi connectivity index (χ2n) is 10.3. The van der Waals surface area contributed by atoms with E-state index in [4.69, 9.17) is 11.6 Å². The molecule has 176 valence electrons. The molecule has 1 saturated heterocycles. The second kappa shape index (κ2) is 7.51. The van der Waals surface area contributed by atoms with Gasteiger partial charge < -0.3 is 4.90 Å². The Morgan fingerprint density at radius 2 is 1.91 bits per heavy atom. The van der Waals surface area contributed by atoms with Crippen molar-refractivity contribution < 1.29 is 18.0 Å².